The molecule has 4 nitrogen and oxygen atoms in total. The summed E-state index contributed by atoms with van der Waals surface area (Å²) in [4.78, 5) is 12.6. The second kappa shape index (κ2) is 3.87. The topological polar surface area (TPSA) is 60.8 Å². The van der Waals surface area contributed by atoms with E-state index in [2.05, 4.69) is 6.92 Å². The number of hydrogen-bond donors (Lipinski definition) is 2. The molecule has 0 aromatic carbocycles. The number of likely N-dealkylation sites (N-methyl/N-ethyl adjacent to an activating group) is 1. The van der Waals surface area contributed by atoms with E-state index in [1.54, 1.807) is 0 Å². The Kier molecular flexibility index (Phi) is 3.17. The van der Waals surface area contributed by atoms with Gasteiger partial charge in [-0.2, -0.15) is 0 Å². The van der Waals surface area contributed by atoms with Gasteiger partial charge in [0.05, 0.1) is 0 Å². The zero-order chi connectivity index (χ0) is 10.9. The van der Waals surface area contributed by atoms with Crippen LogP contribution in [0.2, 0.25) is 0 Å². The number of aliphatic hydroxyl groups is 1. The van der Waals surface area contributed by atoms with Gasteiger partial charge in [-0.05, 0) is 39.7 Å². The van der Waals surface area contributed by atoms with E-state index in [1.165, 1.54) is 19.8 Å². The molecule has 0 heterocycles. The average Bonchev–Trinajstić information content (AvgIpc) is 2.84. The second-order valence-corrected chi connectivity index (χ2v) is 4.57. The van der Waals surface area contributed by atoms with Crippen LogP contribution >= 0.6 is 0 Å². The number of nitrogens with zero attached hydrogens (tertiary/aromatic N) is 1. The summed E-state index contributed by atoms with van der Waals surface area (Å²) in [7, 11) is 1.86. The Morgan fingerprint density at radius 3 is 2.50 bits per heavy atom. The molecule has 1 fully saturated rings. The minimum absolute atomic E-state index is 0.181. The van der Waals surface area contributed by atoms with Crippen LogP contribution in [0.5, 0.6) is 0 Å². The van der Waals surface area contributed by atoms with E-state index in [1.807, 2.05) is 11.9 Å². The van der Waals surface area contributed by atoms with E-state index < -0.39 is 11.6 Å². The second-order valence-electron chi connectivity index (χ2n) is 4.57. The average molecular weight is 201 g/mol. The van der Waals surface area contributed by atoms with Gasteiger partial charge in [0.15, 0.2) is 5.60 Å². The first-order valence-corrected chi connectivity index (χ1v) is 5.00. The van der Waals surface area contributed by atoms with Crippen molar-refractivity contribution >= 4 is 5.97 Å². The van der Waals surface area contributed by atoms with Crippen molar-refractivity contribution in [3.8, 4) is 0 Å². The number of rotatable bonds is 5. The first kappa shape index (κ1) is 11.5. The highest BCUT2D eigenvalue weighted by molar-refractivity contribution is 5.76. The summed E-state index contributed by atoms with van der Waals surface area (Å²) in [5, 5.41) is 18.3. The van der Waals surface area contributed by atoms with Crippen LogP contribution in [0.3, 0.4) is 0 Å². The molecule has 4 heteroatoms. The Labute approximate surface area is 84.5 Å². The molecule has 14 heavy (non-hydrogen) atoms. The molecule has 2 unspecified atom stereocenters. The lowest BCUT2D eigenvalue weighted by Crippen LogP contribution is -2.48. The molecule has 0 bridgehead atoms. The molecule has 0 aromatic heterocycles. The number of aliphatic carboxylic acids is 1. The molecular weight excluding hydrogens is 182 g/mol. The highest BCUT2D eigenvalue weighted by Crippen LogP contribution is 2.34. The van der Waals surface area contributed by atoms with Crippen molar-refractivity contribution in [2.75, 3.05) is 13.6 Å². The number of carboxylic acids is 1. The van der Waals surface area contributed by atoms with E-state index in [0.717, 1.165) is 0 Å². The summed E-state index contributed by atoms with van der Waals surface area (Å²) in [6, 6.07) is 0.362. The number of hydrogen-bond acceptors (Lipinski definition) is 3. The smallest absolute Gasteiger partial charge is 0.336 e. The summed E-state index contributed by atoms with van der Waals surface area (Å²) in [6.45, 7) is 3.60. The van der Waals surface area contributed by atoms with Crippen molar-refractivity contribution in [1.82, 2.24) is 4.90 Å². The highest BCUT2D eigenvalue weighted by Gasteiger charge is 2.36. The predicted molar refractivity (Wildman–Crippen MR) is 53.1 cm³/mol. The molecule has 0 radical (unpaired) electrons. The third kappa shape index (κ3) is 2.69. The molecule has 1 aliphatic carbocycles. The van der Waals surface area contributed by atoms with Crippen molar-refractivity contribution in [2.45, 2.75) is 38.3 Å². The number of carbonyl (C=O) groups is 1. The van der Waals surface area contributed by atoms with Gasteiger partial charge in [-0.3, -0.25) is 4.90 Å². The zero-order valence-electron chi connectivity index (χ0n) is 9.03. The molecule has 1 saturated carbocycles. The molecule has 0 aromatic rings. The summed E-state index contributed by atoms with van der Waals surface area (Å²) >= 11 is 0. The van der Waals surface area contributed by atoms with Crippen LogP contribution in [-0.2, 0) is 4.79 Å². The van der Waals surface area contributed by atoms with Crippen molar-refractivity contribution < 1.29 is 15.0 Å². The maximum atomic E-state index is 10.7. The van der Waals surface area contributed by atoms with Crippen LogP contribution in [0.25, 0.3) is 0 Å². The van der Waals surface area contributed by atoms with Crippen LogP contribution in [0.15, 0.2) is 0 Å². The van der Waals surface area contributed by atoms with Gasteiger partial charge in [0.1, 0.15) is 0 Å². The zero-order valence-corrected chi connectivity index (χ0v) is 9.03. The first-order chi connectivity index (χ1) is 6.34. The van der Waals surface area contributed by atoms with Gasteiger partial charge in [0.25, 0.3) is 0 Å². The van der Waals surface area contributed by atoms with Crippen molar-refractivity contribution in [3.05, 3.63) is 0 Å². The monoisotopic (exact) mass is 201 g/mol. The Balaban J connectivity index is 2.45. The lowest BCUT2D eigenvalue weighted by molar-refractivity contribution is -0.158. The molecule has 1 aliphatic rings. The standard InChI is InChI=1S/C10H19NO3/c1-7(8-4-5-8)11(3)6-10(2,14)9(12)13/h7-8,14H,4-6H2,1-3H3,(H,12,13). The summed E-state index contributed by atoms with van der Waals surface area (Å²) in [5.41, 5.74) is -1.64. The minimum atomic E-state index is -1.64. The Morgan fingerprint density at radius 2 is 2.14 bits per heavy atom. The maximum Gasteiger partial charge on any atom is 0.336 e. The largest absolute Gasteiger partial charge is 0.479 e. The lowest BCUT2D eigenvalue weighted by Gasteiger charge is -2.30. The van der Waals surface area contributed by atoms with Crippen LogP contribution in [0.1, 0.15) is 26.7 Å². The van der Waals surface area contributed by atoms with Gasteiger partial charge in [-0.1, -0.05) is 0 Å². The maximum absolute atomic E-state index is 10.7. The van der Waals surface area contributed by atoms with Crippen molar-refractivity contribution in [2.24, 2.45) is 5.92 Å². The molecule has 82 valence electrons. The van der Waals surface area contributed by atoms with E-state index in [4.69, 9.17) is 5.11 Å². The quantitative estimate of drug-likeness (QED) is 0.682. The van der Waals surface area contributed by atoms with E-state index in [9.17, 15) is 9.90 Å². The van der Waals surface area contributed by atoms with Crippen LogP contribution in [-0.4, -0.2) is 46.3 Å². The Bertz CT molecular complexity index is 223. The number of carboxylic acid groups (broad SMARTS) is 1. The fourth-order valence-corrected chi connectivity index (χ4v) is 1.64. The van der Waals surface area contributed by atoms with Crippen LogP contribution < -0.4 is 0 Å². The molecule has 0 saturated heterocycles. The van der Waals surface area contributed by atoms with Gasteiger partial charge in [-0.25, -0.2) is 4.79 Å². The van der Waals surface area contributed by atoms with Crippen LogP contribution in [0.4, 0.5) is 0 Å². The third-order valence-corrected chi connectivity index (χ3v) is 3.02. The van der Waals surface area contributed by atoms with Gasteiger partial charge >= 0.3 is 5.97 Å². The summed E-state index contributed by atoms with van der Waals surface area (Å²) in [5.74, 6) is -0.475. The fourth-order valence-electron chi connectivity index (χ4n) is 1.64. The Morgan fingerprint density at radius 1 is 1.64 bits per heavy atom. The van der Waals surface area contributed by atoms with E-state index >= 15 is 0 Å². The Hall–Kier alpha value is -0.610. The molecule has 0 spiro atoms. The molecule has 2 atom stereocenters. The van der Waals surface area contributed by atoms with Gasteiger partial charge in [0, 0.05) is 12.6 Å². The lowest BCUT2D eigenvalue weighted by atomic mass is 10.1. The predicted octanol–water partition coefficient (Wildman–Crippen LogP) is 0.552. The van der Waals surface area contributed by atoms with Gasteiger partial charge < -0.3 is 10.2 Å². The van der Waals surface area contributed by atoms with Crippen LogP contribution in [0, 0.1) is 5.92 Å². The SMILES string of the molecule is CC(C1CC1)N(C)CC(C)(O)C(=O)O. The highest BCUT2D eigenvalue weighted by atomic mass is 16.4. The van der Waals surface area contributed by atoms with Gasteiger partial charge in [0.2, 0.25) is 0 Å². The molecular formula is C10H19NO3. The normalized spacial score (nSPS) is 23.2. The minimum Gasteiger partial charge on any atom is -0.479 e. The molecule has 0 aliphatic heterocycles. The van der Waals surface area contributed by atoms with Crippen molar-refractivity contribution in [1.29, 1.82) is 0 Å². The molecule has 2 N–H and O–H groups in total. The fraction of sp³-hybridized carbons (Fsp3) is 0.900. The molecule has 1 rings (SSSR count). The van der Waals surface area contributed by atoms with E-state index in [-0.39, 0.29) is 6.54 Å². The third-order valence-electron chi connectivity index (χ3n) is 3.02. The summed E-state index contributed by atoms with van der Waals surface area (Å²) < 4.78 is 0. The van der Waals surface area contributed by atoms with Gasteiger partial charge in [-0.15, -0.1) is 0 Å². The van der Waals surface area contributed by atoms with Crippen molar-refractivity contribution in [3.63, 3.8) is 0 Å². The summed E-state index contributed by atoms with van der Waals surface area (Å²) in [6.07, 6.45) is 2.45. The first-order valence-electron chi connectivity index (χ1n) is 5.00. The molecule has 0 amide bonds. The van der Waals surface area contributed by atoms with E-state index in [0.29, 0.717) is 12.0 Å².